The molecular formula is C21H20ClN3OS. The predicted molar refractivity (Wildman–Crippen MR) is 108 cm³/mol. The number of pyridine rings is 1. The second-order valence-corrected chi connectivity index (χ2v) is 8.07. The molecule has 0 spiro atoms. The van der Waals surface area contributed by atoms with Gasteiger partial charge in [0, 0.05) is 23.7 Å². The van der Waals surface area contributed by atoms with Gasteiger partial charge < -0.3 is 4.90 Å². The molecule has 0 aliphatic carbocycles. The van der Waals surface area contributed by atoms with Crippen molar-refractivity contribution in [2.24, 2.45) is 0 Å². The maximum absolute atomic E-state index is 13.0. The molecule has 138 valence electrons. The zero-order valence-corrected chi connectivity index (χ0v) is 16.6. The summed E-state index contributed by atoms with van der Waals surface area (Å²) in [7, 11) is 0. The molecule has 1 saturated heterocycles. The van der Waals surface area contributed by atoms with Crippen molar-refractivity contribution in [2.75, 3.05) is 6.54 Å². The van der Waals surface area contributed by atoms with Crippen molar-refractivity contribution < 1.29 is 4.79 Å². The predicted octanol–water partition coefficient (Wildman–Crippen LogP) is 5.07. The van der Waals surface area contributed by atoms with Gasteiger partial charge in [0.25, 0.3) is 5.91 Å². The van der Waals surface area contributed by atoms with Gasteiger partial charge in [-0.2, -0.15) is 0 Å². The number of aryl methyl sites for hydroxylation is 1. The highest BCUT2D eigenvalue weighted by atomic mass is 35.5. The van der Waals surface area contributed by atoms with Crippen LogP contribution in [0.15, 0.2) is 48.0 Å². The molecule has 1 unspecified atom stereocenters. The van der Waals surface area contributed by atoms with Crippen molar-refractivity contribution in [3.05, 3.63) is 80.5 Å². The summed E-state index contributed by atoms with van der Waals surface area (Å²) in [5.41, 5.74) is 5.68. The van der Waals surface area contributed by atoms with E-state index in [9.17, 15) is 4.79 Å². The number of amides is 1. The van der Waals surface area contributed by atoms with E-state index in [-0.39, 0.29) is 11.9 Å². The van der Waals surface area contributed by atoms with Crippen LogP contribution in [-0.4, -0.2) is 27.3 Å². The lowest BCUT2D eigenvalue weighted by atomic mass is 10.1. The molecule has 3 aromatic rings. The first-order valence-corrected chi connectivity index (χ1v) is 10.3. The largest absolute Gasteiger partial charge is 0.329 e. The maximum Gasteiger partial charge on any atom is 0.266 e. The molecule has 6 heteroatoms. The van der Waals surface area contributed by atoms with Gasteiger partial charge in [-0.1, -0.05) is 29.8 Å². The highest BCUT2D eigenvalue weighted by molar-refractivity contribution is 7.11. The molecule has 4 rings (SSSR count). The van der Waals surface area contributed by atoms with Gasteiger partial charge in [-0.3, -0.25) is 9.78 Å². The van der Waals surface area contributed by atoms with E-state index >= 15 is 0 Å². The molecule has 1 fully saturated rings. The molecule has 1 aromatic carbocycles. The number of hydrogen-bond acceptors (Lipinski definition) is 4. The van der Waals surface area contributed by atoms with Gasteiger partial charge in [0.1, 0.15) is 4.88 Å². The number of carbonyl (C=O) groups excluding carboxylic acids is 1. The summed E-state index contributed by atoms with van der Waals surface area (Å²) in [6.07, 6.45) is 2.69. The Morgan fingerprint density at radius 3 is 2.81 bits per heavy atom. The van der Waals surface area contributed by atoms with Crippen molar-refractivity contribution >= 4 is 28.8 Å². The maximum atomic E-state index is 13.0. The van der Waals surface area contributed by atoms with Crippen molar-refractivity contribution in [1.29, 1.82) is 0 Å². The van der Waals surface area contributed by atoms with Crippen LogP contribution in [0.1, 0.15) is 51.2 Å². The molecule has 0 bridgehead atoms. The van der Waals surface area contributed by atoms with Crippen LogP contribution >= 0.6 is 22.9 Å². The Morgan fingerprint density at radius 2 is 2.07 bits per heavy atom. The third-order valence-electron chi connectivity index (χ3n) is 4.92. The lowest BCUT2D eigenvalue weighted by molar-refractivity contribution is 0.0736. The van der Waals surface area contributed by atoms with Crippen LogP contribution < -0.4 is 0 Å². The molecule has 27 heavy (non-hydrogen) atoms. The quantitative estimate of drug-likeness (QED) is 0.617. The van der Waals surface area contributed by atoms with Gasteiger partial charge in [-0.15, -0.1) is 11.3 Å². The van der Waals surface area contributed by atoms with E-state index in [4.69, 9.17) is 16.6 Å². The Bertz CT molecular complexity index is 954. The zero-order valence-electron chi connectivity index (χ0n) is 15.1. The number of benzene rings is 1. The summed E-state index contributed by atoms with van der Waals surface area (Å²) in [5.74, 6) is 0.0717. The molecule has 3 heterocycles. The SMILES string of the molecule is Cc1ncsc1C(=O)N1CCCC1c1cccc(Cc2ccc(Cl)cc2)n1. The highest BCUT2D eigenvalue weighted by Gasteiger charge is 2.32. The van der Waals surface area contributed by atoms with Crippen molar-refractivity contribution in [3.63, 3.8) is 0 Å². The third-order valence-corrected chi connectivity index (χ3v) is 6.09. The van der Waals surface area contributed by atoms with E-state index < -0.39 is 0 Å². The number of hydrogen-bond donors (Lipinski definition) is 0. The van der Waals surface area contributed by atoms with E-state index in [1.807, 2.05) is 54.3 Å². The Morgan fingerprint density at radius 1 is 1.26 bits per heavy atom. The standard InChI is InChI=1S/C21H20ClN3OS/c1-14-20(27-13-23-14)21(26)25-11-3-6-19(25)18-5-2-4-17(24-18)12-15-7-9-16(22)10-8-15/h2,4-5,7-10,13,19H,3,6,11-12H2,1H3. The van der Waals surface area contributed by atoms with Crippen molar-refractivity contribution in [2.45, 2.75) is 32.2 Å². The number of rotatable bonds is 4. The normalized spacial score (nSPS) is 16.7. The minimum absolute atomic E-state index is 0.0316. The minimum Gasteiger partial charge on any atom is -0.329 e. The fraction of sp³-hybridized carbons (Fsp3) is 0.286. The monoisotopic (exact) mass is 397 g/mol. The molecule has 0 saturated carbocycles. The van der Waals surface area contributed by atoms with Crippen molar-refractivity contribution in [3.8, 4) is 0 Å². The first-order chi connectivity index (χ1) is 13.1. The van der Waals surface area contributed by atoms with E-state index in [0.29, 0.717) is 0 Å². The summed E-state index contributed by atoms with van der Waals surface area (Å²) < 4.78 is 0. The smallest absolute Gasteiger partial charge is 0.266 e. The van der Waals surface area contributed by atoms with Crippen LogP contribution in [0.4, 0.5) is 0 Å². The number of thiazole rings is 1. The second-order valence-electron chi connectivity index (χ2n) is 6.78. The Kier molecular flexibility index (Phi) is 5.23. The number of nitrogens with zero attached hydrogens (tertiary/aromatic N) is 3. The van der Waals surface area contributed by atoms with Crippen LogP contribution in [0.25, 0.3) is 0 Å². The molecule has 2 aromatic heterocycles. The topological polar surface area (TPSA) is 46.1 Å². The second kappa shape index (κ2) is 7.79. The lowest BCUT2D eigenvalue weighted by Crippen LogP contribution is -2.31. The molecule has 0 N–H and O–H groups in total. The molecule has 1 aliphatic heterocycles. The zero-order chi connectivity index (χ0) is 18.8. The number of aromatic nitrogens is 2. The van der Waals surface area contributed by atoms with E-state index in [1.165, 1.54) is 16.9 Å². The molecule has 1 amide bonds. The van der Waals surface area contributed by atoms with E-state index in [2.05, 4.69) is 4.98 Å². The fourth-order valence-electron chi connectivity index (χ4n) is 3.55. The average molecular weight is 398 g/mol. The van der Waals surface area contributed by atoms with Crippen LogP contribution in [0.2, 0.25) is 5.02 Å². The Labute approximate surface area is 167 Å². The summed E-state index contributed by atoms with van der Waals surface area (Å²) in [6, 6.07) is 14.0. The summed E-state index contributed by atoms with van der Waals surface area (Å²) in [4.78, 5) is 24.8. The number of carbonyl (C=O) groups is 1. The third kappa shape index (κ3) is 3.89. The molecule has 0 radical (unpaired) electrons. The van der Waals surface area contributed by atoms with Crippen LogP contribution in [0, 0.1) is 6.92 Å². The molecular weight excluding hydrogens is 378 g/mol. The van der Waals surface area contributed by atoms with E-state index in [1.54, 1.807) is 5.51 Å². The summed E-state index contributed by atoms with van der Waals surface area (Å²) >= 11 is 7.38. The van der Waals surface area contributed by atoms with Crippen LogP contribution in [-0.2, 0) is 6.42 Å². The van der Waals surface area contributed by atoms with Gasteiger partial charge in [0.2, 0.25) is 0 Å². The van der Waals surface area contributed by atoms with Crippen molar-refractivity contribution in [1.82, 2.24) is 14.9 Å². The minimum atomic E-state index is 0.0316. The highest BCUT2D eigenvalue weighted by Crippen LogP contribution is 2.33. The lowest BCUT2D eigenvalue weighted by Gasteiger charge is -2.24. The Balaban J connectivity index is 1.56. The van der Waals surface area contributed by atoms with Gasteiger partial charge >= 0.3 is 0 Å². The number of likely N-dealkylation sites (tertiary alicyclic amines) is 1. The van der Waals surface area contributed by atoms with Gasteiger partial charge in [-0.25, -0.2) is 4.98 Å². The van der Waals surface area contributed by atoms with Gasteiger partial charge in [0.05, 0.1) is 22.9 Å². The first kappa shape index (κ1) is 18.1. The van der Waals surface area contributed by atoms with Gasteiger partial charge in [-0.05, 0) is 49.6 Å². The van der Waals surface area contributed by atoms with E-state index in [0.717, 1.165) is 52.8 Å². The molecule has 1 aliphatic rings. The summed E-state index contributed by atoms with van der Waals surface area (Å²) in [5, 5.41) is 0.735. The Hall–Kier alpha value is -2.24. The van der Waals surface area contributed by atoms with Crippen LogP contribution in [0.5, 0.6) is 0 Å². The molecule has 1 atom stereocenters. The van der Waals surface area contributed by atoms with Gasteiger partial charge in [0.15, 0.2) is 0 Å². The first-order valence-electron chi connectivity index (χ1n) is 9.03. The summed E-state index contributed by atoms with van der Waals surface area (Å²) in [6.45, 7) is 2.66. The molecule has 4 nitrogen and oxygen atoms in total. The number of halogens is 1. The van der Waals surface area contributed by atoms with Crippen LogP contribution in [0.3, 0.4) is 0 Å². The fourth-order valence-corrected chi connectivity index (χ4v) is 4.43. The average Bonchev–Trinajstić information content (AvgIpc) is 3.32.